The van der Waals surface area contributed by atoms with Crippen LogP contribution in [0.2, 0.25) is 0 Å². The lowest BCUT2D eigenvalue weighted by Crippen LogP contribution is -1.89. The molecule has 0 aliphatic carbocycles. The Bertz CT molecular complexity index is 858. The monoisotopic (exact) mass is 262 g/mol. The number of rotatable bonds is 1. The number of nitrogens with zero attached hydrogens (tertiary/aromatic N) is 3. The lowest BCUT2D eigenvalue weighted by molar-refractivity contribution is 1.26. The van der Waals surface area contributed by atoms with Gasteiger partial charge in [0.25, 0.3) is 0 Å². The van der Waals surface area contributed by atoms with Gasteiger partial charge in [0.1, 0.15) is 5.82 Å². The molecule has 1 aliphatic heterocycles. The van der Waals surface area contributed by atoms with E-state index in [1.807, 2.05) is 13.0 Å². The van der Waals surface area contributed by atoms with E-state index in [-0.39, 0.29) is 0 Å². The third kappa shape index (κ3) is 1.72. The van der Waals surface area contributed by atoms with E-state index < -0.39 is 0 Å². The Labute approximate surface area is 116 Å². The van der Waals surface area contributed by atoms with Gasteiger partial charge in [0, 0.05) is 23.3 Å². The normalized spacial score (nSPS) is 13.6. The predicted molar refractivity (Wildman–Crippen MR) is 80.5 cm³/mol. The van der Waals surface area contributed by atoms with Crippen LogP contribution in [0.4, 0.5) is 5.82 Å². The number of hydrogen-bond acceptors (Lipinski definition) is 3. The van der Waals surface area contributed by atoms with E-state index in [1.165, 1.54) is 11.1 Å². The molecule has 98 valence electrons. The smallest absolute Gasteiger partial charge is 0.180 e. The van der Waals surface area contributed by atoms with Gasteiger partial charge in [-0.25, -0.2) is 15.0 Å². The fraction of sp³-hybridized carbons (Fsp3) is 0.188. The molecule has 20 heavy (non-hydrogen) atoms. The van der Waals surface area contributed by atoms with Crippen molar-refractivity contribution in [3.8, 4) is 11.4 Å². The van der Waals surface area contributed by atoms with Crippen molar-refractivity contribution >= 4 is 22.7 Å². The maximum Gasteiger partial charge on any atom is 0.180 e. The maximum atomic E-state index is 4.59. The number of nitrogens with one attached hydrogen (secondary N) is 1. The standard InChI is InChI=1S/C16H14N4/c1-9-4-3-5-11(6-9)14-18-13-8-12-7-10(2)17-15(12)20-16(13)19-14/h3-6,8H,7H2,1-2H3,(H,18,19,20). The zero-order valence-electron chi connectivity index (χ0n) is 11.4. The first kappa shape index (κ1) is 11.3. The van der Waals surface area contributed by atoms with Gasteiger partial charge in [-0.1, -0.05) is 23.8 Å². The predicted octanol–water partition coefficient (Wildman–Crippen LogP) is 3.58. The number of fused-ring (bicyclic) bond motifs is 2. The van der Waals surface area contributed by atoms with E-state index in [9.17, 15) is 0 Å². The first-order valence-electron chi connectivity index (χ1n) is 6.70. The third-order valence-electron chi connectivity index (χ3n) is 3.56. The van der Waals surface area contributed by atoms with Gasteiger partial charge in [-0.2, -0.15) is 0 Å². The quantitative estimate of drug-likeness (QED) is 0.728. The molecule has 3 aromatic rings. The fourth-order valence-corrected chi connectivity index (χ4v) is 2.63. The minimum absolute atomic E-state index is 0.735. The van der Waals surface area contributed by atoms with Crippen LogP contribution in [-0.2, 0) is 6.42 Å². The second kappa shape index (κ2) is 4.00. The van der Waals surface area contributed by atoms with Gasteiger partial charge in [-0.05, 0) is 26.0 Å². The van der Waals surface area contributed by atoms with Crippen LogP contribution in [0, 0.1) is 6.92 Å². The van der Waals surface area contributed by atoms with Crippen LogP contribution in [-0.4, -0.2) is 20.7 Å². The summed E-state index contributed by atoms with van der Waals surface area (Å²) >= 11 is 0. The summed E-state index contributed by atoms with van der Waals surface area (Å²) in [5.74, 6) is 1.68. The number of aromatic amines is 1. The molecule has 4 nitrogen and oxygen atoms in total. The molecule has 4 heteroatoms. The van der Waals surface area contributed by atoms with Crippen LogP contribution in [0.15, 0.2) is 35.3 Å². The molecule has 1 aromatic carbocycles. The number of hydrogen-bond donors (Lipinski definition) is 1. The van der Waals surface area contributed by atoms with Gasteiger partial charge in [-0.3, -0.25) is 0 Å². The van der Waals surface area contributed by atoms with Crippen molar-refractivity contribution in [2.45, 2.75) is 20.3 Å². The summed E-state index contributed by atoms with van der Waals surface area (Å²) < 4.78 is 0. The van der Waals surface area contributed by atoms with Gasteiger partial charge >= 0.3 is 0 Å². The summed E-state index contributed by atoms with van der Waals surface area (Å²) in [7, 11) is 0. The van der Waals surface area contributed by atoms with E-state index >= 15 is 0 Å². The second-order valence-corrected chi connectivity index (χ2v) is 5.32. The SMILES string of the molecule is CC1=Nc2nc3nc(-c4cccc(C)c4)[nH]c3cc2C1. The molecule has 0 fully saturated rings. The lowest BCUT2D eigenvalue weighted by atomic mass is 10.1. The van der Waals surface area contributed by atoms with Crippen molar-refractivity contribution in [2.75, 3.05) is 0 Å². The van der Waals surface area contributed by atoms with Crippen molar-refractivity contribution in [3.63, 3.8) is 0 Å². The molecule has 3 heterocycles. The van der Waals surface area contributed by atoms with E-state index in [0.29, 0.717) is 0 Å². The largest absolute Gasteiger partial charge is 0.337 e. The van der Waals surface area contributed by atoms with E-state index in [4.69, 9.17) is 0 Å². The van der Waals surface area contributed by atoms with Crippen LogP contribution in [0.25, 0.3) is 22.6 Å². The van der Waals surface area contributed by atoms with Crippen molar-refractivity contribution < 1.29 is 0 Å². The van der Waals surface area contributed by atoms with Gasteiger partial charge in [0.05, 0.1) is 5.52 Å². The number of aromatic nitrogens is 3. The second-order valence-electron chi connectivity index (χ2n) is 5.32. The lowest BCUT2D eigenvalue weighted by Gasteiger charge is -1.97. The van der Waals surface area contributed by atoms with Crippen LogP contribution in [0.1, 0.15) is 18.1 Å². The maximum absolute atomic E-state index is 4.59. The molecule has 0 amide bonds. The Balaban J connectivity index is 1.88. The van der Waals surface area contributed by atoms with Crippen LogP contribution < -0.4 is 0 Å². The minimum Gasteiger partial charge on any atom is -0.337 e. The first-order valence-corrected chi connectivity index (χ1v) is 6.70. The highest BCUT2D eigenvalue weighted by Crippen LogP contribution is 2.29. The van der Waals surface area contributed by atoms with Crippen LogP contribution >= 0.6 is 0 Å². The fourth-order valence-electron chi connectivity index (χ4n) is 2.63. The zero-order valence-corrected chi connectivity index (χ0v) is 11.4. The van der Waals surface area contributed by atoms with Gasteiger partial charge in [0.2, 0.25) is 0 Å². The highest BCUT2D eigenvalue weighted by atomic mass is 15.0. The molecule has 0 bridgehead atoms. The van der Waals surface area contributed by atoms with Crippen molar-refractivity contribution in [2.24, 2.45) is 4.99 Å². The average molecular weight is 262 g/mol. The Hall–Kier alpha value is -2.49. The molecule has 0 saturated heterocycles. The molecule has 0 atom stereocenters. The topological polar surface area (TPSA) is 53.9 Å². The Morgan fingerprint density at radius 1 is 1.10 bits per heavy atom. The summed E-state index contributed by atoms with van der Waals surface area (Å²) in [6, 6.07) is 10.4. The summed E-state index contributed by atoms with van der Waals surface area (Å²) in [5.41, 5.74) is 6.30. The number of H-pyrrole nitrogens is 1. The van der Waals surface area contributed by atoms with Gasteiger partial charge in [0.15, 0.2) is 11.5 Å². The molecule has 0 unspecified atom stereocenters. The number of aryl methyl sites for hydroxylation is 1. The molecule has 4 rings (SSSR count). The highest BCUT2D eigenvalue weighted by molar-refractivity contribution is 5.93. The van der Waals surface area contributed by atoms with E-state index in [1.54, 1.807) is 0 Å². The molecule has 0 radical (unpaired) electrons. The summed E-state index contributed by atoms with van der Waals surface area (Å²) in [6.45, 7) is 4.11. The Kier molecular flexibility index (Phi) is 2.27. The van der Waals surface area contributed by atoms with Gasteiger partial charge < -0.3 is 4.98 Å². The first-order chi connectivity index (χ1) is 9.69. The molecule has 1 N–H and O–H groups in total. The number of imidazole rings is 1. The molecule has 0 saturated carbocycles. The minimum atomic E-state index is 0.735. The molecular formula is C16H14N4. The number of pyridine rings is 1. The summed E-state index contributed by atoms with van der Waals surface area (Å²) in [4.78, 5) is 16.9. The van der Waals surface area contributed by atoms with Crippen LogP contribution in [0.3, 0.4) is 0 Å². The molecule has 1 aliphatic rings. The average Bonchev–Trinajstić information content (AvgIpc) is 2.97. The summed E-state index contributed by atoms with van der Waals surface area (Å²) in [5, 5.41) is 0. The van der Waals surface area contributed by atoms with Crippen molar-refractivity contribution in [3.05, 3.63) is 41.5 Å². The zero-order chi connectivity index (χ0) is 13.7. The number of benzene rings is 1. The highest BCUT2D eigenvalue weighted by Gasteiger charge is 2.16. The Morgan fingerprint density at radius 3 is 2.85 bits per heavy atom. The third-order valence-corrected chi connectivity index (χ3v) is 3.56. The van der Waals surface area contributed by atoms with Crippen molar-refractivity contribution in [1.82, 2.24) is 15.0 Å². The van der Waals surface area contributed by atoms with E-state index in [0.717, 1.165) is 40.5 Å². The van der Waals surface area contributed by atoms with Crippen molar-refractivity contribution in [1.29, 1.82) is 0 Å². The molecular weight excluding hydrogens is 248 g/mol. The molecule has 2 aromatic heterocycles. The van der Waals surface area contributed by atoms with Gasteiger partial charge in [-0.15, -0.1) is 0 Å². The van der Waals surface area contributed by atoms with E-state index in [2.05, 4.69) is 51.1 Å². The van der Waals surface area contributed by atoms with Crippen LogP contribution in [0.5, 0.6) is 0 Å². The number of aliphatic imine (C=N–C) groups is 1. The molecule has 0 spiro atoms. The Morgan fingerprint density at radius 2 is 2.00 bits per heavy atom. The summed E-state index contributed by atoms with van der Waals surface area (Å²) in [6.07, 6.45) is 0.886.